The molecule has 5 heteroatoms. The minimum atomic E-state index is -1.03. The largest absolute Gasteiger partial charge is 0.481 e. The van der Waals surface area contributed by atoms with E-state index in [1.165, 1.54) is 0 Å². The summed E-state index contributed by atoms with van der Waals surface area (Å²) in [7, 11) is 0. The topological polar surface area (TPSA) is 66.4 Å². The van der Waals surface area contributed by atoms with Crippen LogP contribution in [0.3, 0.4) is 0 Å². The number of rotatable bonds is 6. The van der Waals surface area contributed by atoms with Gasteiger partial charge in [-0.2, -0.15) is 11.3 Å². The van der Waals surface area contributed by atoms with Crippen molar-refractivity contribution in [1.82, 2.24) is 5.32 Å². The van der Waals surface area contributed by atoms with Crippen LogP contribution in [0.5, 0.6) is 0 Å². The minimum Gasteiger partial charge on any atom is -0.481 e. The summed E-state index contributed by atoms with van der Waals surface area (Å²) in [6, 6.07) is 1.86. The maximum Gasteiger partial charge on any atom is 0.310 e. The van der Waals surface area contributed by atoms with Crippen LogP contribution in [0.2, 0.25) is 0 Å². The van der Waals surface area contributed by atoms with Crippen LogP contribution < -0.4 is 5.32 Å². The average molecular weight is 283 g/mol. The van der Waals surface area contributed by atoms with E-state index in [0.29, 0.717) is 0 Å². The van der Waals surface area contributed by atoms with Crippen LogP contribution in [0.15, 0.2) is 16.8 Å². The summed E-state index contributed by atoms with van der Waals surface area (Å²) in [5.74, 6) is -1.26. The number of hydrogen-bond donors (Lipinski definition) is 2. The lowest BCUT2D eigenvalue weighted by Gasteiger charge is -2.28. The molecule has 0 bridgehead atoms. The Morgan fingerprint density at radius 1 is 1.42 bits per heavy atom. The van der Waals surface area contributed by atoms with Crippen molar-refractivity contribution in [2.24, 2.45) is 11.3 Å². The minimum absolute atomic E-state index is 0.00548. The van der Waals surface area contributed by atoms with Crippen molar-refractivity contribution in [3.8, 4) is 0 Å². The maximum atomic E-state index is 12.0. The molecule has 2 unspecified atom stereocenters. The Bertz CT molecular complexity index is 442. The summed E-state index contributed by atoms with van der Waals surface area (Å²) >= 11 is 1.57. The van der Waals surface area contributed by atoms with Crippen molar-refractivity contribution < 1.29 is 14.7 Å². The van der Waals surface area contributed by atoms with Gasteiger partial charge in [-0.05, 0) is 42.2 Å². The van der Waals surface area contributed by atoms with Gasteiger partial charge in [-0.1, -0.05) is 13.8 Å². The third-order valence-electron chi connectivity index (χ3n) is 3.71. The lowest BCUT2D eigenvalue weighted by atomic mass is 9.76. The van der Waals surface area contributed by atoms with E-state index in [1.807, 2.05) is 37.6 Å². The van der Waals surface area contributed by atoms with Gasteiger partial charge < -0.3 is 10.4 Å². The van der Waals surface area contributed by atoms with Crippen molar-refractivity contribution in [3.63, 3.8) is 0 Å². The van der Waals surface area contributed by atoms with E-state index in [4.69, 9.17) is 0 Å². The number of aliphatic carboxylic acids is 1. The van der Waals surface area contributed by atoms with E-state index in [0.717, 1.165) is 5.56 Å². The lowest BCUT2D eigenvalue weighted by molar-refractivity contribution is -0.153. The Kier molecular flexibility index (Phi) is 5.11. The van der Waals surface area contributed by atoms with E-state index < -0.39 is 11.4 Å². The van der Waals surface area contributed by atoms with E-state index in [9.17, 15) is 14.7 Å². The lowest BCUT2D eigenvalue weighted by Crippen LogP contribution is -2.39. The smallest absolute Gasteiger partial charge is 0.310 e. The molecule has 1 rings (SSSR count). The molecular weight excluding hydrogens is 262 g/mol. The highest BCUT2D eigenvalue weighted by molar-refractivity contribution is 7.07. The van der Waals surface area contributed by atoms with Crippen LogP contribution >= 0.6 is 11.3 Å². The molecular formula is C14H21NO3S. The fourth-order valence-corrected chi connectivity index (χ4v) is 2.51. The van der Waals surface area contributed by atoms with Crippen LogP contribution in [-0.2, 0) is 9.59 Å². The molecule has 0 aromatic carbocycles. The highest BCUT2D eigenvalue weighted by Crippen LogP contribution is 2.31. The number of nitrogens with one attached hydrogen (secondary N) is 1. The van der Waals surface area contributed by atoms with Crippen molar-refractivity contribution in [1.29, 1.82) is 0 Å². The van der Waals surface area contributed by atoms with Crippen molar-refractivity contribution in [3.05, 3.63) is 22.4 Å². The zero-order valence-corrected chi connectivity index (χ0v) is 12.6. The molecule has 0 aliphatic rings. The normalized spacial score (nSPS) is 15.8. The molecule has 0 aliphatic carbocycles. The molecule has 1 amide bonds. The van der Waals surface area contributed by atoms with Gasteiger partial charge in [-0.25, -0.2) is 0 Å². The first-order chi connectivity index (χ1) is 8.77. The first-order valence-electron chi connectivity index (χ1n) is 6.32. The Labute approximate surface area is 117 Å². The first-order valence-corrected chi connectivity index (χ1v) is 7.26. The second kappa shape index (κ2) is 6.19. The molecule has 0 radical (unpaired) electrons. The molecule has 1 heterocycles. The van der Waals surface area contributed by atoms with Crippen molar-refractivity contribution in [2.45, 2.75) is 40.2 Å². The summed E-state index contributed by atoms with van der Waals surface area (Å²) in [6.45, 7) is 7.16. The third kappa shape index (κ3) is 3.80. The van der Waals surface area contributed by atoms with Gasteiger partial charge in [-0.3, -0.25) is 9.59 Å². The van der Waals surface area contributed by atoms with Crippen LogP contribution in [0, 0.1) is 11.3 Å². The molecule has 0 saturated heterocycles. The van der Waals surface area contributed by atoms with E-state index in [2.05, 4.69) is 5.32 Å². The Morgan fingerprint density at radius 2 is 2.05 bits per heavy atom. The number of amides is 1. The molecule has 1 aromatic rings. The summed E-state index contributed by atoms with van der Waals surface area (Å²) in [5, 5.41) is 16.1. The molecule has 0 spiro atoms. The predicted molar refractivity (Wildman–Crippen MR) is 76.1 cm³/mol. The second-order valence-corrected chi connectivity index (χ2v) is 6.18. The van der Waals surface area contributed by atoms with E-state index >= 15 is 0 Å². The van der Waals surface area contributed by atoms with Crippen LogP contribution in [0.4, 0.5) is 0 Å². The van der Waals surface area contributed by atoms with Crippen molar-refractivity contribution in [2.75, 3.05) is 0 Å². The van der Waals surface area contributed by atoms with Crippen molar-refractivity contribution >= 4 is 23.2 Å². The Morgan fingerprint density at radius 3 is 2.47 bits per heavy atom. The van der Waals surface area contributed by atoms with Gasteiger partial charge in [0.25, 0.3) is 0 Å². The quantitative estimate of drug-likeness (QED) is 0.843. The average Bonchev–Trinajstić information content (AvgIpc) is 2.81. The molecule has 0 fully saturated rings. The van der Waals surface area contributed by atoms with Crippen LogP contribution in [-0.4, -0.2) is 17.0 Å². The number of carboxylic acids is 1. The number of hydrogen-bond acceptors (Lipinski definition) is 3. The zero-order chi connectivity index (χ0) is 14.6. The summed E-state index contributed by atoms with van der Waals surface area (Å²) in [4.78, 5) is 23.3. The standard InChI is InChI=1S/C14H21NO3S/c1-9(2)14(4,13(17)18)7-12(16)15-10(3)11-5-6-19-8-11/h5-6,8-10H,7H2,1-4H3,(H,15,16)(H,17,18). The number of thiophene rings is 1. The number of carboxylic acid groups (broad SMARTS) is 1. The first kappa shape index (κ1) is 15.7. The second-order valence-electron chi connectivity index (χ2n) is 5.40. The molecule has 4 nitrogen and oxygen atoms in total. The van der Waals surface area contributed by atoms with Gasteiger partial charge in [-0.15, -0.1) is 0 Å². The van der Waals surface area contributed by atoms with Gasteiger partial charge in [0.15, 0.2) is 0 Å². The molecule has 0 aliphatic heterocycles. The molecule has 19 heavy (non-hydrogen) atoms. The Balaban J connectivity index is 2.66. The SMILES string of the molecule is CC(NC(=O)CC(C)(C(=O)O)C(C)C)c1ccsc1. The number of carbonyl (C=O) groups is 2. The van der Waals surface area contributed by atoms with Gasteiger partial charge in [0.1, 0.15) is 0 Å². The highest BCUT2D eigenvalue weighted by Gasteiger charge is 2.38. The van der Waals surface area contributed by atoms with E-state index in [-0.39, 0.29) is 24.3 Å². The monoisotopic (exact) mass is 283 g/mol. The molecule has 2 N–H and O–H groups in total. The molecule has 2 atom stereocenters. The fraction of sp³-hybridized carbons (Fsp3) is 0.571. The van der Waals surface area contributed by atoms with Gasteiger partial charge in [0, 0.05) is 6.42 Å². The van der Waals surface area contributed by atoms with E-state index in [1.54, 1.807) is 18.3 Å². The highest BCUT2D eigenvalue weighted by atomic mass is 32.1. The zero-order valence-electron chi connectivity index (χ0n) is 11.8. The van der Waals surface area contributed by atoms with Crippen LogP contribution in [0.1, 0.15) is 45.7 Å². The van der Waals surface area contributed by atoms with Gasteiger partial charge >= 0.3 is 5.97 Å². The van der Waals surface area contributed by atoms with Crippen LogP contribution in [0.25, 0.3) is 0 Å². The predicted octanol–water partition coefficient (Wildman–Crippen LogP) is 3.06. The number of carbonyl (C=O) groups excluding carboxylic acids is 1. The Hall–Kier alpha value is -1.36. The maximum absolute atomic E-state index is 12.0. The van der Waals surface area contributed by atoms with Gasteiger partial charge in [0.05, 0.1) is 11.5 Å². The summed E-state index contributed by atoms with van der Waals surface area (Å²) in [6.07, 6.45) is -0.00548. The summed E-state index contributed by atoms with van der Waals surface area (Å²) < 4.78 is 0. The third-order valence-corrected chi connectivity index (χ3v) is 4.41. The fourth-order valence-electron chi connectivity index (χ4n) is 1.76. The molecule has 0 saturated carbocycles. The molecule has 1 aromatic heterocycles. The molecule has 106 valence electrons. The van der Waals surface area contributed by atoms with Gasteiger partial charge in [0.2, 0.25) is 5.91 Å². The summed E-state index contributed by atoms with van der Waals surface area (Å²) in [5.41, 5.74) is 0.0123.